The van der Waals surface area contributed by atoms with Crippen LogP contribution in [0.4, 0.5) is 5.69 Å². The zero-order valence-electron chi connectivity index (χ0n) is 10.6. The van der Waals surface area contributed by atoms with Crippen molar-refractivity contribution in [1.29, 1.82) is 0 Å². The van der Waals surface area contributed by atoms with Crippen LogP contribution < -0.4 is 5.73 Å². The van der Waals surface area contributed by atoms with E-state index >= 15 is 0 Å². The van der Waals surface area contributed by atoms with E-state index in [9.17, 15) is 0 Å². The molecule has 2 aromatic rings. The van der Waals surface area contributed by atoms with Crippen molar-refractivity contribution in [2.75, 3.05) is 18.9 Å². The molecule has 18 heavy (non-hydrogen) atoms. The number of ether oxygens (including phenoxy) is 1. The maximum atomic E-state index is 5.76. The zero-order chi connectivity index (χ0) is 13.0. The van der Waals surface area contributed by atoms with E-state index in [0.717, 1.165) is 11.1 Å². The molecule has 2 rings (SSSR count). The van der Waals surface area contributed by atoms with Crippen LogP contribution in [0.25, 0.3) is 11.5 Å². The first-order valence-electron chi connectivity index (χ1n) is 5.97. The number of anilines is 1. The second-order valence-electron chi connectivity index (χ2n) is 4.04. The van der Waals surface area contributed by atoms with E-state index in [1.807, 2.05) is 32.0 Å². The van der Waals surface area contributed by atoms with Crippen molar-refractivity contribution in [3.05, 3.63) is 29.6 Å². The van der Waals surface area contributed by atoms with Gasteiger partial charge in [-0.25, -0.2) is 0 Å². The Bertz CT molecular complexity index is 523. The van der Waals surface area contributed by atoms with E-state index in [1.54, 1.807) is 0 Å². The molecule has 0 unspecified atom stereocenters. The minimum absolute atomic E-state index is 0.506. The van der Waals surface area contributed by atoms with E-state index < -0.39 is 0 Å². The Morgan fingerprint density at radius 3 is 3.00 bits per heavy atom. The number of aryl methyl sites for hydroxylation is 1. The number of aromatic nitrogens is 2. The van der Waals surface area contributed by atoms with Crippen molar-refractivity contribution >= 4 is 5.69 Å². The van der Waals surface area contributed by atoms with Crippen LogP contribution in [-0.2, 0) is 11.2 Å². The number of hydrogen-bond acceptors (Lipinski definition) is 5. The van der Waals surface area contributed by atoms with E-state index in [1.165, 1.54) is 0 Å². The number of nitrogens with two attached hydrogens (primary N) is 1. The standard InChI is InChI=1S/C13H17N3O2/c1-3-17-7-6-12-15-13(18-16-12)11-8-10(14)5-4-9(11)2/h4-5,8H,3,6-7,14H2,1-2H3. The van der Waals surface area contributed by atoms with Gasteiger partial charge >= 0.3 is 0 Å². The van der Waals surface area contributed by atoms with Gasteiger partial charge in [0.1, 0.15) is 0 Å². The third-order valence-corrected chi connectivity index (χ3v) is 2.63. The molecule has 0 amide bonds. The van der Waals surface area contributed by atoms with Crippen LogP contribution in [0.1, 0.15) is 18.3 Å². The molecule has 0 aliphatic heterocycles. The van der Waals surface area contributed by atoms with Gasteiger partial charge in [0.05, 0.1) is 6.61 Å². The van der Waals surface area contributed by atoms with Gasteiger partial charge in [-0.05, 0) is 31.5 Å². The van der Waals surface area contributed by atoms with Crippen LogP contribution in [0.2, 0.25) is 0 Å². The fourth-order valence-corrected chi connectivity index (χ4v) is 1.64. The number of nitrogens with zero attached hydrogens (tertiary/aromatic N) is 2. The zero-order valence-corrected chi connectivity index (χ0v) is 10.6. The second kappa shape index (κ2) is 5.64. The van der Waals surface area contributed by atoms with Crippen molar-refractivity contribution in [2.45, 2.75) is 20.3 Å². The summed E-state index contributed by atoms with van der Waals surface area (Å²) in [5.41, 5.74) is 8.38. The Hall–Kier alpha value is -1.88. The van der Waals surface area contributed by atoms with Crippen LogP contribution in [0.15, 0.2) is 22.7 Å². The Kier molecular flexibility index (Phi) is 3.94. The SMILES string of the molecule is CCOCCc1noc(-c2cc(N)ccc2C)n1. The third kappa shape index (κ3) is 2.87. The summed E-state index contributed by atoms with van der Waals surface area (Å²) in [6.45, 7) is 5.24. The molecule has 0 saturated carbocycles. The van der Waals surface area contributed by atoms with E-state index in [4.69, 9.17) is 15.0 Å². The Morgan fingerprint density at radius 1 is 1.39 bits per heavy atom. The molecule has 1 heterocycles. The molecule has 1 aromatic carbocycles. The van der Waals surface area contributed by atoms with Gasteiger partial charge < -0.3 is 15.0 Å². The number of nitrogen functional groups attached to an aromatic ring is 1. The van der Waals surface area contributed by atoms with Crippen molar-refractivity contribution in [1.82, 2.24) is 10.1 Å². The van der Waals surface area contributed by atoms with E-state index in [2.05, 4.69) is 10.1 Å². The molecule has 0 fully saturated rings. The molecule has 0 atom stereocenters. The van der Waals surface area contributed by atoms with Gasteiger partial charge in [-0.3, -0.25) is 0 Å². The van der Waals surface area contributed by atoms with Crippen LogP contribution in [0, 0.1) is 6.92 Å². The lowest BCUT2D eigenvalue weighted by Gasteiger charge is -2.01. The molecule has 0 radical (unpaired) electrons. The summed E-state index contributed by atoms with van der Waals surface area (Å²) in [7, 11) is 0. The predicted octanol–water partition coefficient (Wildman–Crippen LogP) is 2.21. The van der Waals surface area contributed by atoms with Crippen molar-refractivity contribution in [3.8, 4) is 11.5 Å². The molecule has 5 heteroatoms. The lowest BCUT2D eigenvalue weighted by molar-refractivity contribution is 0.149. The first-order valence-corrected chi connectivity index (χ1v) is 5.97. The lowest BCUT2D eigenvalue weighted by atomic mass is 10.1. The Morgan fingerprint density at radius 2 is 2.22 bits per heavy atom. The highest BCUT2D eigenvalue weighted by atomic mass is 16.5. The highest BCUT2D eigenvalue weighted by molar-refractivity contribution is 5.63. The van der Waals surface area contributed by atoms with Gasteiger partial charge in [0.2, 0.25) is 0 Å². The minimum Gasteiger partial charge on any atom is -0.399 e. The largest absolute Gasteiger partial charge is 0.399 e. The van der Waals surface area contributed by atoms with Crippen molar-refractivity contribution < 1.29 is 9.26 Å². The Labute approximate surface area is 106 Å². The Balaban J connectivity index is 2.16. The predicted molar refractivity (Wildman–Crippen MR) is 69.1 cm³/mol. The normalized spacial score (nSPS) is 10.8. The molecule has 1 aromatic heterocycles. The average molecular weight is 247 g/mol. The smallest absolute Gasteiger partial charge is 0.258 e. The highest BCUT2D eigenvalue weighted by Gasteiger charge is 2.11. The summed E-state index contributed by atoms with van der Waals surface area (Å²) in [4.78, 5) is 4.34. The number of rotatable bonds is 5. The maximum absolute atomic E-state index is 5.76. The molecule has 0 saturated heterocycles. The molecular weight excluding hydrogens is 230 g/mol. The average Bonchev–Trinajstić information content (AvgIpc) is 2.81. The quantitative estimate of drug-likeness (QED) is 0.647. The monoisotopic (exact) mass is 247 g/mol. The molecule has 0 aliphatic rings. The number of benzene rings is 1. The molecule has 96 valence electrons. The van der Waals surface area contributed by atoms with Crippen LogP contribution in [0.3, 0.4) is 0 Å². The molecule has 0 aliphatic carbocycles. The maximum Gasteiger partial charge on any atom is 0.258 e. The molecular formula is C13H17N3O2. The molecule has 2 N–H and O–H groups in total. The number of hydrogen-bond donors (Lipinski definition) is 1. The summed E-state index contributed by atoms with van der Waals surface area (Å²) in [5, 5.41) is 3.93. The fourth-order valence-electron chi connectivity index (χ4n) is 1.64. The third-order valence-electron chi connectivity index (χ3n) is 2.63. The van der Waals surface area contributed by atoms with Gasteiger partial charge in [-0.1, -0.05) is 11.2 Å². The summed E-state index contributed by atoms with van der Waals surface area (Å²) < 4.78 is 10.5. The summed E-state index contributed by atoms with van der Waals surface area (Å²) in [6.07, 6.45) is 0.651. The molecule has 5 nitrogen and oxygen atoms in total. The van der Waals surface area contributed by atoms with Crippen LogP contribution in [0.5, 0.6) is 0 Å². The second-order valence-corrected chi connectivity index (χ2v) is 4.04. The summed E-state index contributed by atoms with van der Waals surface area (Å²) in [5.74, 6) is 1.16. The van der Waals surface area contributed by atoms with Gasteiger partial charge in [-0.15, -0.1) is 0 Å². The minimum atomic E-state index is 0.506. The molecule has 0 bridgehead atoms. The lowest BCUT2D eigenvalue weighted by Crippen LogP contribution is -1.99. The van der Waals surface area contributed by atoms with Crippen molar-refractivity contribution in [3.63, 3.8) is 0 Å². The molecule has 0 spiro atoms. The summed E-state index contributed by atoms with van der Waals surface area (Å²) >= 11 is 0. The highest BCUT2D eigenvalue weighted by Crippen LogP contribution is 2.23. The fraction of sp³-hybridized carbons (Fsp3) is 0.385. The van der Waals surface area contributed by atoms with Crippen LogP contribution >= 0.6 is 0 Å². The van der Waals surface area contributed by atoms with Crippen LogP contribution in [-0.4, -0.2) is 23.4 Å². The van der Waals surface area contributed by atoms with Gasteiger partial charge in [-0.2, -0.15) is 4.98 Å². The first-order chi connectivity index (χ1) is 8.70. The first kappa shape index (κ1) is 12.6. The van der Waals surface area contributed by atoms with Gasteiger partial charge in [0.15, 0.2) is 5.82 Å². The van der Waals surface area contributed by atoms with Gasteiger partial charge in [0, 0.05) is 24.3 Å². The topological polar surface area (TPSA) is 74.2 Å². The van der Waals surface area contributed by atoms with E-state index in [0.29, 0.717) is 37.0 Å². The van der Waals surface area contributed by atoms with Gasteiger partial charge in [0.25, 0.3) is 5.89 Å². The van der Waals surface area contributed by atoms with Crippen molar-refractivity contribution in [2.24, 2.45) is 0 Å². The van der Waals surface area contributed by atoms with E-state index in [-0.39, 0.29) is 0 Å². The summed E-state index contributed by atoms with van der Waals surface area (Å²) in [6, 6.07) is 5.63.